The van der Waals surface area contributed by atoms with Gasteiger partial charge in [0, 0.05) is 38.6 Å². The van der Waals surface area contributed by atoms with Gasteiger partial charge in [-0.15, -0.1) is 24.8 Å². The van der Waals surface area contributed by atoms with Crippen LogP contribution in [0.15, 0.2) is 0 Å². The molecule has 24 heavy (non-hydrogen) atoms. The Kier molecular flexibility index (Phi) is 9.95. The molecule has 142 valence electrons. The molecule has 2 aliphatic heterocycles. The molecule has 4 nitrogen and oxygen atoms in total. The Hall–Kier alpha value is -0.0300. The molecular weight excluding hydrogens is 345 g/mol. The van der Waals surface area contributed by atoms with Crippen LogP contribution in [0.3, 0.4) is 0 Å². The molecule has 0 aromatic carbocycles. The summed E-state index contributed by atoms with van der Waals surface area (Å²) in [7, 11) is 0. The van der Waals surface area contributed by atoms with Gasteiger partial charge < -0.3 is 10.2 Å². The number of carbonyl (C=O) groups is 1. The molecule has 1 amide bonds. The van der Waals surface area contributed by atoms with Crippen LogP contribution in [0.1, 0.15) is 51.9 Å². The van der Waals surface area contributed by atoms with E-state index in [1.54, 1.807) is 0 Å². The monoisotopic (exact) mass is 379 g/mol. The topological polar surface area (TPSA) is 35.6 Å². The van der Waals surface area contributed by atoms with Crippen LogP contribution < -0.4 is 5.32 Å². The molecule has 1 saturated carbocycles. The van der Waals surface area contributed by atoms with E-state index >= 15 is 0 Å². The highest BCUT2D eigenvalue weighted by atomic mass is 35.5. The zero-order valence-electron chi connectivity index (χ0n) is 15.0. The lowest BCUT2D eigenvalue weighted by atomic mass is 9.84. The lowest BCUT2D eigenvalue weighted by Gasteiger charge is -2.39. The summed E-state index contributed by atoms with van der Waals surface area (Å²) < 4.78 is 0. The maximum absolute atomic E-state index is 12.6. The number of nitrogens with one attached hydrogen (secondary N) is 1. The molecule has 1 aliphatic carbocycles. The van der Waals surface area contributed by atoms with Gasteiger partial charge in [-0.05, 0) is 50.6 Å². The van der Waals surface area contributed by atoms with Crippen molar-refractivity contribution in [1.29, 1.82) is 0 Å². The first-order valence-corrected chi connectivity index (χ1v) is 9.46. The van der Waals surface area contributed by atoms with Gasteiger partial charge in [0.15, 0.2) is 0 Å². The van der Waals surface area contributed by atoms with Gasteiger partial charge in [0.1, 0.15) is 0 Å². The quantitative estimate of drug-likeness (QED) is 0.815. The molecule has 3 aliphatic rings. The van der Waals surface area contributed by atoms with E-state index in [9.17, 15) is 4.79 Å². The molecule has 0 radical (unpaired) electrons. The summed E-state index contributed by atoms with van der Waals surface area (Å²) in [4.78, 5) is 17.3. The number of carbonyl (C=O) groups excluding carboxylic acids is 1. The van der Waals surface area contributed by atoms with Crippen LogP contribution >= 0.6 is 24.8 Å². The number of nitrogens with zero attached hydrogens (tertiary/aromatic N) is 2. The highest BCUT2D eigenvalue weighted by Gasteiger charge is 2.29. The summed E-state index contributed by atoms with van der Waals surface area (Å²) in [6.07, 6.45) is 8.79. The van der Waals surface area contributed by atoms with Crippen LogP contribution in [0.5, 0.6) is 0 Å². The molecule has 0 spiro atoms. The first-order chi connectivity index (χ1) is 10.7. The molecule has 2 heterocycles. The van der Waals surface area contributed by atoms with Crippen molar-refractivity contribution in [2.75, 3.05) is 39.3 Å². The van der Waals surface area contributed by atoms with Gasteiger partial charge in [0.05, 0.1) is 0 Å². The maximum atomic E-state index is 12.6. The molecule has 6 heteroatoms. The number of hydrogen-bond donors (Lipinski definition) is 1. The smallest absolute Gasteiger partial charge is 0.222 e. The Morgan fingerprint density at radius 1 is 1.00 bits per heavy atom. The largest absolute Gasteiger partial charge is 0.340 e. The fourth-order valence-electron chi connectivity index (χ4n) is 4.59. The van der Waals surface area contributed by atoms with E-state index in [1.807, 2.05) is 0 Å². The van der Waals surface area contributed by atoms with Crippen LogP contribution in [0.4, 0.5) is 0 Å². The van der Waals surface area contributed by atoms with Crippen LogP contribution in [0.2, 0.25) is 0 Å². The second kappa shape index (κ2) is 10.8. The van der Waals surface area contributed by atoms with E-state index < -0.39 is 0 Å². The molecule has 3 fully saturated rings. The van der Waals surface area contributed by atoms with Gasteiger partial charge in [-0.25, -0.2) is 0 Å². The number of piperazine rings is 1. The molecule has 0 aromatic rings. The second-order valence-corrected chi connectivity index (χ2v) is 7.62. The third kappa shape index (κ3) is 5.76. The zero-order valence-corrected chi connectivity index (χ0v) is 16.7. The second-order valence-electron chi connectivity index (χ2n) is 7.62. The third-order valence-corrected chi connectivity index (χ3v) is 6.19. The van der Waals surface area contributed by atoms with E-state index in [2.05, 4.69) is 22.0 Å². The predicted octanol–water partition coefficient (Wildman–Crippen LogP) is 2.94. The lowest BCUT2D eigenvalue weighted by Crippen LogP contribution is -2.51. The van der Waals surface area contributed by atoms with E-state index in [1.165, 1.54) is 38.5 Å². The summed E-state index contributed by atoms with van der Waals surface area (Å²) in [6.45, 7) is 8.63. The van der Waals surface area contributed by atoms with Gasteiger partial charge in [-0.1, -0.05) is 19.8 Å². The van der Waals surface area contributed by atoms with E-state index in [0.717, 1.165) is 57.6 Å². The number of piperidine rings is 1. The van der Waals surface area contributed by atoms with Gasteiger partial charge in [-0.3, -0.25) is 9.69 Å². The van der Waals surface area contributed by atoms with Crippen LogP contribution in [-0.2, 0) is 4.79 Å². The van der Waals surface area contributed by atoms with E-state index in [4.69, 9.17) is 0 Å². The van der Waals surface area contributed by atoms with Crippen LogP contribution in [0, 0.1) is 11.8 Å². The summed E-state index contributed by atoms with van der Waals surface area (Å²) in [5, 5.41) is 3.42. The fraction of sp³-hybridized carbons (Fsp3) is 0.944. The molecule has 1 N–H and O–H groups in total. The van der Waals surface area contributed by atoms with Crippen LogP contribution in [-0.4, -0.2) is 61.0 Å². The van der Waals surface area contributed by atoms with Crippen molar-refractivity contribution in [3.05, 3.63) is 0 Å². The number of amides is 1. The van der Waals surface area contributed by atoms with E-state index in [-0.39, 0.29) is 24.8 Å². The Labute approximate surface area is 159 Å². The first-order valence-electron chi connectivity index (χ1n) is 9.46. The summed E-state index contributed by atoms with van der Waals surface area (Å²) in [6, 6.07) is 0.811. The van der Waals surface area contributed by atoms with Crippen molar-refractivity contribution < 1.29 is 4.79 Å². The van der Waals surface area contributed by atoms with Crippen molar-refractivity contribution in [1.82, 2.24) is 15.1 Å². The molecular formula is C18H35Cl2N3O. The minimum atomic E-state index is 0. The Bertz CT molecular complexity index is 363. The van der Waals surface area contributed by atoms with Crippen molar-refractivity contribution >= 4 is 30.7 Å². The molecule has 1 atom stereocenters. The van der Waals surface area contributed by atoms with E-state index in [0.29, 0.717) is 11.8 Å². The van der Waals surface area contributed by atoms with Gasteiger partial charge in [0.25, 0.3) is 0 Å². The summed E-state index contributed by atoms with van der Waals surface area (Å²) >= 11 is 0. The number of hydrogen-bond acceptors (Lipinski definition) is 3. The van der Waals surface area contributed by atoms with Crippen LogP contribution in [0.25, 0.3) is 0 Å². The minimum Gasteiger partial charge on any atom is -0.340 e. The summed E-state index contributed by atoms with van der Waals surface area (Å²) in [5.74, 6) is 1.68. The SMILES string of the molecule is CC(CC(=O)N1CCN(C2CCCC2)CC1)C1CCNCC1.Cl.Cl. The zero-order chi connectivity index (χ0) is 15.4. The molecule has 0 bridgehead atoms. The Morgan fingerprint density at radius 3 is 2.17 bits per heavy atom. The highest BCUT2D eigenvalue weighted by molar-refractivity contribution is 5.85. The highest BCUT2D eigenvalue weighted by Crippen LogP contribution is 2.26. The normalized spacial score (nSPS) is 25.0. The fourth-order valence-corrected chi connectivity index (χ4v) is 4.59. The third-order valence-electron chi connectivity index (χ3n) is 6.19. The molecule has 3 rings (SSSR count). The first kappa shape index (κ1) is 22.0. The minimum absolute atomic E-state index is 0. The average Bonchev–Trinajstić information content (AvgIpc) is 3.10. The molecule has 1 unspecified atom stereocenters. The van der Waals surface area contributed by atoms with Gasteiger partial charge >= 0.3 is 0 Å². The van der Waals surface area contributed by atoms with Crippen molar-refractivity contribution in [3.63, 3.8) is 0 Å². The van der Waals surface area contributed by atoms with Gasteiger partial charge in [0.2, 0.25) is 5.91 Å². The summed E-state index contributed by atoms with van der Waals surface area (Å²) in [5.41, 5.74) is 0. The predicted molar refractivity (Wildman–Crippen MR) is 104 cm³/mol. The van der Waals surface area contributed by atoms with Crippen molar-refractivity contribution in [3.8, 4) is 0 Å². The Balaban J connectivity index is 0.00000144. The maximum Gasteiger partial charge on any atom is 0.222 e. The average molecular weight is 380 g/mol. The molecule has 0 aromatic heterocycles. The Morgan fingerprint density at radius 2 is 1.58 bits per heavy atom. The van der Waals surface area contributed by atoms with Gasteiger partial charge in [-0.2, -0.15) is 0 Å². The van der Waals surface area contributed by atoms with Crippen molar-refractivity contribution in [2.24, 2.45) is 11.8 Å². The number of halogens is 2. The number of rotatable bonds is 4. The standard InChI is InChI=1S/C18H33N3O.2ClH/c1-15(16-6-8-19-9-7-16)14-18(22)21-12-10-20(11-13-21)17-4-2-3-5-17;;/h15-17,19H,2-14H2,1H3;2*1H. The van der Waals surface area contributed by atoms with Crippen molar-refractivity contribution in [2.45, 2.75) is 57.9 Å². The lowest BCUT2D eigenvalue weighted by molar-refractivity contribution is -0.134. The molecule has 2 saturated heterocycles.